The van der Waals surface area contributed by atoms with Gasteiger partial charge in [-0.05, 0) is 31.0 Å². The zero-order valence-electron chi connectivity index (χ0n) is 9.47. The highest BCUT2D eigenvalue weighted by atomic mass is 16.4. The number of aliphatic carboxylic acids is 1. The first-order valence-corrected chi connectivity index (χ1v) is 5.34. The molecule has 0 aromatic carbocycles. The Bertz CT molecular complexity index is 520. The normalized spacial score (nSPS) is 10.4. The second-order valence-corrected chi connectivity index (χ2v) is 3.81. The number of rotatable bonds is 4. The zero-order valence-corrected chi connectivity index (χ0v) is 9.47. The number of carbonyl (C=O) groups is 1. The highest BCUT2D eigenvalue weighted by Crippen LogP contribution is 2.22. The van der Waals surface area contributed by atoms with E-state index in [1.165, 1.54) is 0 Å². The molecule has 2 heterocycles. The average molecular weight is 231 g/mol. The van der Waals surface area contributed by atoms with E-state index in [1.807, 2.05) is 19.1 Å². The summed E-state index contributed by atoms with van der Waals surface area (Å²) >= 11 is 0. The first-order valence-electron chi connectivity index (χ1n) is 5.34. The minimum absolute atomic E-state index is 0.107. The number of hydrogen-bond donors (Lipinski definition) is 2. The lowest BCUT2D eigenvalue weighted by molar-refractivity contribution is -0.136. The molecule has 0 radical (unpaired) electrons. The van der Waals surface area contributed by atoms with E-state index in [9.17, 15) is 4.79 Å². The van der Waals surface area contributed by atoms with Gasteiger partial charge in [-0.25, -0.2) is 0 Å². The quantitative estimate of drug-likeness (QED) is 0.840. The summed E-state index contributed by atoms with van der Waals surface area (Å²) in [7, 11) is 0. The van der Waals surface area contributed by atoms with E-state index in [4.69, 9.17) is 5.11 Å². The van der Waals surface area contributed by atoms with Crippen LogP contribution in [0.3, 0.4) is 0 Å². The van der Waals surface area contributed by atoms with Crippen molar-refractivity contribution in [1.29, 1.82) is 0 Å². The van der Waals surface area contributed by atoms with Crippen LogP contribution >= 0.6 is 0 Å². The van der Waals surface area contributed by atoms with Crippen LogP contribution in [0, 0.1) is 6.92 Å². The molecule has 2 aromatic heterocycles. The second-order valence-electron chi connectivity index (χ2n) is 3.81. The van der Waals surface area contributed by atoms with Crippen molar-refractivity contribution in [3.05, 3.63) is 35.8 Å². The lowest BCUT2D eigenvalue weighted by Gasteiger charge is -1.98. The SMILES string of the molecule is Cc1c(-c2cccnc2)n[nH]c1CCC(=O)O. The molecule has 0 aliphatic carbocycles. The molecule has 0 aliphatic heterocycles. The summed E-state index contributed by atoms with van der Waals surface area (Å²) < 4.78 is 0. The number of aryl methyl sites for hydroxylation is 1. The number of aromatic nitrogens is 3. The lowest BCUT2D eigenvalue weighted by Crippen LogP contribution is -1.98. The number of aromatic amines is 1. The predicted molar refractivity (Wildman–Crippen MR) is 62.5 cm³/mol. The lowest BCUT2D eigenvalue weighted by atomic mass is 10.1. The Morgan fingerprint density at radius 1 is 1.53 bits per heavy atom. The van der Waals surface area contributed by atoms with Crippen molar-refractivity contribution in [2.75, 3.05) is 0 Å². The van der Waals surface area contributed by atoms with E-state index in [2.05, 4.69) is 15.2 Å². The van der Waals surface area contributed by atoms with E-state index in [-0.39, 0.29) is 6.42 Å². The van der Waals surface area contributed by atoms with Gasteiger partial charge in [0.15, 0.2) is 0 Å². The highest BCUT2D eigenvalue weighted by molar-refractivity contribution is 5.67. The first-order chi connectivity index (χ1) is 8.18. The van der Waals surface area contributed by atoms with Gasteiger partial charge in [0, 0.05) is 23.7 Å². The van der Waals surface area contributed by atoms with E-state index < -0.39 is 5.97 Å². The van der Waals surface area contributed by atoms with Crippen molar-refractivity contribution < 1.29 is 9.90 Å². The molecule has 0 amide bonds. The fraction of sp³-hybridized carbons (Fsp3) is 0.250. The van der Waals surface area contributed by atoms with Crippen LogP contribution in [0.25, 0.3) is 11.3 Å². The Morgan fingerprint density at radius 2 is 2.35 bits per heavy atom. The summed E-state index contributed by atoms with van der Waals surface area (Å²) in [6.45, 7) is 1.93. The van der Waals surface area contributed by atoms with E-state index >= 15 is 0 Å². The topological polar surface area (TPSA) is 78.9 Å². The number of carboxylic acids is 1. The van der Waals surface area contributed by atoms with Gasteiger partial charge in [-0.2, -0.15) is 5.10 Å². The van der Waals surface area contributed by atoms with Gasteiger partial charge in [0.25, 0.3) is 0 Å². The third-order valence-electron chi connectivity index (χ3n) is 2.63. The fourth-order valence-corrected chi connectivity index (χ4v) is 1.69. The molecule has 0 fully saturated rings. The van der Waals surface area contributed by atoms with E-state index in [0.29, 0.717) is 6.42 Å². The van der Waals surface area contributed by atoms with Crippen molar-refractivity contribution in [2.45, 2.75) is 19.8 Å². The van der Waals surface area contributed by atoms with Crippen molar-refractivity contribution in [2.24, 2.45) is 0 Å². The molecular formula is C12H13N3O2. The van der Waals surface area contributed by atoms with Crippen molar-refractivity contribution in [3.8, 4) is 11.3 Å². The number of carboxylic acid groups (broad SMARTS) is 1. The maximum Gasteiger partial charge on any atom is 0.303 e. The molecule has 5 nitrogen and oxygen atoms in total. The third-order valence-corrected chi connectivity index (χ3v) is 2.63. The summed E-state index contributed by atoms with van der Waals surface area (Å²) in [4.78, 5) is 14.6. The molecule has 0 atom stereocenters. The van der Waals surface area contributed by atoms with Gasteiger partial charge < -0.3 is 5.11 Å². The molecule has 2 aromatic rings. The Morgan fingerprint density at radius 3 is 3.00 bits per heavy atom. The van der Waals surface area contributed by atoms with Gasteiger partial charge in [-0.1, -0.05) is 0 Å². The molecule has 2 N–H and O–H groups in total. The minimum Gasteiger partial charge on any atom is -0.481 e. The molecule has 17 heavy (non-hydrogen) atoms. The van der Waals surface area contributed by atoms with E-state index in [0.717, 1.165) is 22.5 Å². The smallest absolute Gasteiger partial charge is 0.303 e. The van der Waals surface area contributed by atoms with Gasteiger partial charge in [0.05, 0.1) is 12.1 Å². The molecule has 88 valence electrons. The standard InChI is InChI=1S/C12H13N3O2/c1-8-10(4-5-11(16)17)14-15-12(8)9-3-2-6-13-7-9/h2-3,6-7H,4-5H2,1H3,(H,14,15)(H,16,17). The van der Waals surface area contributed by atoms with Gasteiger partial charge in [-0.15, -0.1) is 0 Å². The summed E-state index contributed by atoms with van der Waals surface area (Å²) in [6.07, 6.45) is 4.02. The van der Waals surface area contributed by atoms with Gasteiger partial charge >= 0.3 is 5.97 Å². The molecule has 0 aliphatic rings. The molecule has 0 unspecified atom stereocenters. The largest absolute Gasteiger partial charge is 0.481 e. The van der Waals surface area contributed by atoms with Gasteiger partial charge in [0.1, 0.15) is 0 Å². The summed E-state index contributed by atoms with van der Waals surface area (Å²) in [5, 5.41) is 15.7. The number of nitrogens with one attached hydrogen (secondary N) is 1. The molecule has 0 bridgehead atoms. The van der Waals surface area contributed by atoms with Crippen molar-refractivity contribution >= 4 is 5.97 Å². The van der Waals surface area contributed by atoms with Crippen LogP contribution in [0.15, 0.2) is 24.5 Å². The Labute approximate surface area is 98.5 Å². The predicted octanol–water partition coefficient (Wildman–Crippen LogP) is 1.80. The third kappa shape index (κ3) is 2.50. The molecule has 0 saturated carbocycles. The molecule has 0 saturated heterocycles. The maximum atomic E-state index is 10.5. The summed E-state index contributed by atoms with van der Waals surface area (Å²) in [5.74, 6) is -0.804. The average Bonchev–Trinajstić information content (AvgIpc) is 2.69. The number of H-pyrrole nitrogens is 1. The maximum absolute atomic E-state index is 10.5. The van der Waals surface area contributed by atoms with Crippen LogP contribution in [0.5, 0.6) is 0 Å². The van der Waals surface area contributed by atoms with Crippen LogP contribution in [0.2, 0.25) is 0 Å². The Kier molecular flexibility index (Phi) is 3.18. The first kappa shape index (κ1) is 11.3. The summed E-state index contributed by atoms with van der Waals surface area (Å²) in [6, 6.07) is 3.78. The van der Waals surface area contributed by atoms with Crippen molar-refractivity contribution in [1.82, 2.24) is 15.2 Å². The Hall–Kier alpha value is -2.17. The number of hydrogen-bond acceptors (Lipinski definition) is 3. The zero-order chi connectivity index (χ0) is 12.3. The summed E-state index contributed by atoms with van der Waals surface area (Å²) in [5.41, 5.74) is 3.62. The van der Waals surface area contributed by atoms with Crippen molar-refractivity contribution in [3.63, 3.8) is 0 Å². The molecule has 2 rings (SSSR count). The molecule has 0 spiro atoms. The fourth-order valence-electron chi connectivity index (χ4n) is 1.69. The van der Waals surface area contributed by atoms with Crippen LogP contribution in [-0.2, 0) is 11.2 Å². The molecule has 5 heteroatoms. The van der Waals surface area contributed by atoms with Crippen LogP contribution in [-0.4, -0.2) is 26.3 Å². The number of pyridine rings is 1. The highest BCUT2D eigenvalue weighted by Gasteiger charge is 2.11. The second kappa shape index (κ2) is 4.78. The minimum atomic E-state index is -0.804. The van der Waals surface area contributed by atoms with Gasteiger partial charge in [0.2, 0.25) is 0 Å². The van der Waals surface area contributed by atoms with Crippen LogP contribution in [0.4, 0.5) is 0 Å². The van der Waals surface area contributed by atoms with E-state index in [1.54, 1.807) is 12.4 Å². The van der Waals surface area contributed by atoms with Crippen LogP contribution < -0.4 is 0 Å². The number of nitrogens with zero attached hydrogens (tertiary/aromatic N) is 2. The molecular weight excluding hydrogens is 218 g/mol. The van der Waals surface area contributed by atoms with Gasteiger partial charge in [-0.3, -0.25) is 14.9 Å². The van der Waals surface area contributed by atoms with Crippen LogP contribution in [0.1, 0.15) is 17.7 Å². The monoisotopic (exact) mass is 231 g/mol. The Balaban J connectivity index is 2.24.